The number of nitrogens with zero attached hydrogens (tertiary/aromatic N) is 2. The van der Waals surface area contributed by atoms with Crippen LogP contribution in [0.15, 0.2) is 23.4 Å². The number of amidine groups is 1. The fourth-order valence-electron chi connectivity index (χ4n) is 2.29. The summed E-state index contributed by atoms with van der Waals surface area (Å²) in [7, 11) is 0. The fraction of sp³-hybridized carbons (Fsp3) is 0.417. The van der Waals surface area contributed by atoms with E-state index in [9.17, 15) is 4.39 Å². The van der Waals surface area contributed by atoms with Gasteiger partial charge in [-0.2, -0.15) is 0 Å². The van der Waals surface area contributed by atoms with Crippen molar-refractivity contribution in [2.75, 3.05) is 6.54 Å². The van der Waals surface area contributed by atoms with E-state index in [2.05, 4.69) is 10.1 Å². The Morgan fingerprint density at radius 3 is 3.06 bits per heavy atom. The van der Waals surface area contributed by atoms with Gasteiger partial charge in [0.2, 0.25) is 0 Å². The molecule has 1 aromatic carbocycles. The maximum absolute atomic E-state index is 13.1. The second-order valence-corrected chi connectivity index (χ2v) is 4.81. The molecule has 0 amide bonds. The van der Waals surface area contributed by atoms with Crippen LogP contribution in [0.4, 0.5) is 4.39 Å². The molecule has 1 fully saturated rings. The third-order valence-electron chi connectivity index (χ3n) is 3.19. The minimum absolute atomic E-state index is 0.0566. The summed E-state index contributed by atoms with van der Waals surface area (Å²) in [6.07, 6.45) is 1.86. The first kappa shape index (κ1) is 13.1. The number of hydrogen-bond acceptors (Lipinski definition) is 3. The van der Waals surface area contributed by atoms with Crippen LogP contribution in [0.3, 0.4) is 0 Å². The molecule has 4 nitrogen and oxygen atoms in total. The number of nitrogens with two attached hydrogens (primary N) is 1. The Morgan fingerprint density at radius 2 is 2.39 bits per heavy atom. The van der Waals surface area contributed by atoms with Gasteiger partial charge in [-0.25, -0.2) is 4.39 Å². The highest BCUT2D eigenvalue weighted by molar-refractivity contribution is 6.30. The van der Waals surface area contributed by atoms with Crippen LogP contribution in [0, 0.1) is 5.82 Å². The highest BCUT2D eigenvalue weighted by Gasteiger charge is 2.27. The van der Waals surface area contributed by atoms with E-state index in [-0.39, 0.29) is 16.9 Å². The maximum atomic E-state index is 13.1. The van der Waals surface area contributed by atoms with Gasteiger partial charge >= 0.3 is 0 Å². The molecule has 1 aliphatic rings. The van der Waals surface area contributed by atoms with Gasteiger partial charge in [0.25, 0.3) is 0 Å². The molecule has 1 unspecified atom stereocenters. The second-order valence-electron chi connectivity index (χ2n) is 4.40. The van der Waals surface area contributed by atoms with Crippen LogP contribution < -0.4 is 5.73 Å². The van der Waals surface area contributed by atoms with Crippen LogP contribution >= 0.6 is 11.6 Å². The number of halogens is 2. The summed E-state index contributed by atoms with van der Waals surface area (Å²) in [5, 5.41) is 11.9. The van der Waals surface area contributed by atoms with Crippen molar-refractivity contribution in [3.63, 3.8) is 0 Å². The first-order valence-electron chi connectivity index (χ1n) is 5.77. The molecule has 98 valence electrons. The lowest BCUT2D eigenvalue weighted by molar-refractivity contribution is 0.275. The lowest BCUT2D eigenvalue weighted by Gasteiger charge is -2.23. The van der Waals surface area contributed by atoms with Crippen molar-refractivity contribution in [1.29, 1.82) is 0 Å². The Morgan fingerprint density at radius 1 is 1.61 bits per heavy atom. The third kappa shape index (κ3) is 2.73. The summed E-state index contributed by atoms with van der Waals surface area (Å²) in [5.41, 5.74) is 6.56. The van der Waals surface area contributed by atoms with Gasteiger partial charge in [-0.1, -0.05) is 22.8 Å². The van der Waals surface area contributed by atoms with Crippen LogP contribution in [0.1, 0.15) is 18.4 Å². The smallest absolute Gasteiger partial charge is 0.156 e. The largest absolute Gasteiger partial charge is 0.409 e. The predicted octanol–water partition coefficient (Wildman–Crippen LogP) is 2.19. The summed E-state index contributed by atoms with van der Waals surface area (Å²) in [6, 6.07) is 4.60. The summed E-state index contributed by atoms with van der Waals surface area (Å²) in [6.45, 7) is 1.48. The monoisotopic (exact) mass is 271 g/mol. The molecule has 0 saturated carbocycles. The molecule has 0 spiro atoms. The van der Waals surface area contributed by atoms with E-state index < -0.39 is 5.82 Å². The molecule has 0 aliphatic carbocycles. The van der Waals surface area contributed by atoms with Crippen LogP contribution in [-0.2, 0) is 6.54 Å². The summed E-state index contributed by atoms with van der Waals surface area (Å²) >= 11 is 5.74. The Hall–Kier alpha value is -1.33. The number of hydrogen-bond donors (Lipinski definition) is 2. The quantitative estimate of drug-likeness (QED) is 0.383. The van der Waals surface area contributed by atoms with Crippen molar-refractivity contribution < 1.29 is 9.60 Å². The normalized spacial score (nSPS) is 21.4. The van der Waals surface area contributed by atoms with E-state index in [0.29, 0.717) is 6.54 Å². The molecule has 3 N–H and O–H groups in total. The molecule has 1 heterocycles. The van der Waals surface area contributed by atoms with Crippen molar-refractivity contribution in [3.8, 4) is 0 Å². The van der Waals surface area contributed by atoms with Crippen molar-refractivity contribution in [3.05, 3.63) is 34.6 Å². The molecule has 2 rings (SSSR count). The minimum atomic E-state index is -0.421. The van der Waals surface area contributed by atoms with Crippen molar-refractivity contribution in [2.45, 2.75) is 25.4 Å². The molecule has 0 radical (unpaired) electrons. The average Bonchev–Trinajstić information content (AvgIpc) is 2.81. The zero-order chi connectivity index (χ0) is 13.1. The van der Waals surface area contributed by atoms with Crippen molar-refractivity contribution >= 4 is 17.4 Å². The Labute approximate surface area is 110 Å². The molecule has 1 aromatic rings. The van der Waals surface area contributed by atoms with Gasteiger partial charge in [-0.3, -0.25) is 4.90 Å². The fourth-order valence-corrected chi connectivity index (χ4v) is 2.49. The van der Waals surface area contributed by atoms with Gasteiger partial charge in [0.15, 0.2) is 5.84 Å². The molecule has 0 bridgehead atoms. The molecular formula is C12H15ClFN3O. The lowest BCUT2D eigenvalue weighted by atomic mass is 10.1. The van der Waals surface area contributed by atoms with E-state index in [1.807, 2.05) is 0 Å². The predicted molar refractivity (Wildman–Crippen MR) is 68.3 cm³/mol. The van der Waals surface area contributed by atoms with Gasteiger partial charge in [-0.05, 0) is 37.1 Å². The molecule has 18 heavy (non-hydrogen) atoms. The first-order valence-corrected chi connectivity index (χ1v) is 6.15. The first-order chi connectivity index (χ1) is 8.61. The number of rotatable bonds is 3. The summed E-state index contributed by atoms with van der Waals surface area (Å²) < 4.78 is 13.1. The molecule has 6 heteroatoms. The number of likely N-dealkylation sites (tertiary alicyclic amines) is 1. The van der Waals surface area contributed by atoms with Crippen LogP contribution in [0.5, 0.6) is 0 Å². The Kier molecular flexibility index (Phi) is 4.04. The molecule has 1 aliphatic heterocycles. The Balaban J connectivity index is 2.10. The number of oxime groups is 1. The molecule has 1 saturated heterocycles. The SMILES string of the molecule is N/C(=N/O)C1CCCN1Cc1ccc(F)c(Cl)c1. The van der Waals surface area contributed by atoms with Gasteiger partial charge in [-0.15, -0.1) is 0 Å². The van der Waals surface area contributed by atoms with E-state index in [0.717, 1.165) is 24.9 Å². The molecule has 0 aromatic heterocycles. The van der Waals surface area contributed by atoms with E-state index in [4.69, 9.17) is 22.5 Å². The van der Waals surface area contributed by atoms with Crippen LogP contribution in [-0.4, -0.2) is 28.5 Å². The van der Waals surface area contributed by atoms with Gasteiger partial charge in [0.1, 0.15) is 5.82 Å². The highest BCUT2D eigenvalue weighted by atomic mass is 35.5. The molecule has 1 atom stereocenters. The third-order valence-corrected chi connectivity index (χ3v) is 3.48. The van der Waals surface area contributed by atoms with Crippen molar-refractivity contribution in [2.24, 2.45) is 10.9 Å². The lowest BCUT2D eigenvalue weighted by Crippen LogP contribution is -2.40. The molecular weight excluding hydrogens is 257 g/mol. The minimum Gasteiger partial charge on any atom is -0.409 e. The zero-order valence-electron chi connectivity index (χ0n) is 9.81. The van der Waals surface area contributed by atoms with Crippen LogP contribution in [0.2, 0.25) is 5.02 Å². The maximum Gasteiger partial charge on any atom is 0.156 e. The number of benzene rings is 1. The Bertz CT molecular complexity index is 467. The summed E-state index contributed by atoms with van der Waals surface area (Å²) in [4.78, 5) is 2.10. The topological polar surface area (TPSA) is 61.9 Å². The van der Waals surface area contributed by atoms with E-state index >= 15 is 0 Å². The standard InChI is InChI=1S/C12H15ClFN3O/c13-9-6-8(3-4-10(9)14)7-17-5-1-2-11(17)12(15)16-18/h3-4,6,11,18H,1-2,5,7H2,(H2,15,16). The van der Waals surface area contributed by atoms with Gasteiger partial charge < -0.3 is 10.9 Å². The van der Waals surface area contributed by atoms with E-state index in [1.165, 1.54) is 6.07 Å². The van der Waals surface area contributed by atoms with Crippen LogP contribution in [0.25, 0.3) is 0 Å². The zero-order valence-corrected chi connectivity index (χ0v) is 10.6. The van der Waals surface area contributed by atoms with Crippen molar-refractivity contribution in [1.82, 2.24) is 4.90 Å². The van der Waals surface area contributed by atoms with Gasteiger partial charge in [0.05, 0.1) is 11.1 Å². The average molecular weight is 272 g/mol. The second kappa shape index (κ2) is 5.54. The highest BCUT2D eigenvalue weighted by Crippen LogP contribution is 2.22. The van der Waals surface area contributed by atoms with Gasteiger partial charge in [0, 0.05) is 6.54 Å². The summed E-state index contributed by atoms with van der Waals surface area (Å²) in [5.74, 6) is -0.199. The van der Waals surface area contributed by atoms with E-state index in [1.54, 1.807) is 12.1 Å².